The van der Waals surface area contributed by atoms with Crippen LogP contribution in [0.15, 0.2) is 28.7 Å². The van der Waals surface area contributed by atoms with Crippen LogP contribution in [0.3, 0.4) is 0 Å². The van der Waals surface area contributed by atoms with Gasteiger partial charge in [0.25, 0.3) is 0 Å². The number of likely N-dealkylation sites (tertiary alicyclic amines) is 1. The molecule has 2 unspecified atom stereocenters. The fourth-order valence-electron chi connectivity index (χ4n) is 3.22. The predicted molar refractivity (Wildman–Crippen MR) is 93.6 cm³/mol. The monoisotopic (exact) mass is 353 g/mol. The van der Waals surface area contributed by atoms with E-state index in [0.29, 0.717) is 12.6 Å². The van der Waals surface area contributed by atoms with Gasteiger partial charge in [0.05, 0.1) is 0 Å². The standard InChI is InChI=1S/C17H28BrN3/c1-17(13-19,11-14-6-8-15(18)9-7-14)21-10-4-5-16(12-21)20(2)3/h6-9,16H,4-5,10-13,19H2,1-3H3. The van der Waals surface area contributed by atoms with Crippen molar-refractivity contribution in [1.29, 1.82) is 0 Å². The van der Waals surface area contributed by atoms with Crippen LogP contribution in [0.4, 0.5) is 0 Å². The summed E-state index contributed by atoms with van der Waals surface area (Å²) in [6.07, 6.45) is 3.57. The fourth-order valence-corrected chi connectivity index (χ4v) is 3.49. The average molecular weight is 354 g/mol. The lowest BCUT2D eigenvalue weighted by Crippen LogP contribution is -2.59. The van der Waals surface area contributed by atoms with Gasteiger partial charge >= 0.3 is 0 Å². The summed E-state index contributed by atoms with van der Waals surface area (Å²) in [5, 5.41) is 0. The third kappa shape index (κ3) is 4.28. The smallest absolute Gasteiger partial charge is 0.0344 e. The Bertz CT molecular complexity index is 446. The van der Waals surface area contributed by atoms with Crippen molar-refractivity contribution in [2.45, 2.75) is 37.8 Å². The normalized spacial score (nSPS) is 23.2. The van der Waals surface area contributed by atoms with Crippen LogP contribution in [0, 0.1) is 0 Å². The number of piperidine rings is 1. The first kappa shape index (κ1) is 16.9. The highest BCUT2D eigenvalue weighted by Crippen LogP contribution is 2.26. The Balaban J connectivity index is 2.10. The Kier molecular flexibility index (Phi) is 5.83. The lowest BCUT2D eigenvalue weighted by Gasteiger charge is -2.46. The summed E-state index contributed by atoms with van der Waals surface area (Å²) in [4.78, 5) is 4.95. The van der Waals surface area contributed by atoms with E-state index in [4.69, 9.17) is 5.73 Å². The van der Waals surface area contributed by atoms with Gasteiger partial charge < -0.3 is 10.6 Å². The SMILES string of the molecule is CN(C)C1CCCN(C(C)(CN)Cc2ccc(Br)cc2)C1. The van der Waals surface area contributed by atoms with E-state index in [1.165, 1.54) is 18.4 Å². The molecule has 0 saturated carbocycles. The number of halogens is 1. The van der Waals surface area contributed by atoms with Crippen LogP contribution in [-0.2, 0) is 6.42 Å². The van der Waals surface area contributed by atoms with Crippen molar-refractivity contribution in [1.82, 2.24) is 9.80 Å². The van der Waals surface area contributed by atoms with Crippen LogP contribution in [0.1, 0.15) is 25.3 Å². The summed E-state index contributed by atoms with van der Waals surface area (Å²) in [5.41, 5.74) is 7.58. The maximum Gasteiger partial charge on any atom is 0.0344 e. The molecule has 2 atom stereocenters. The van der Waals surface area contributed by atoms with E-state index in [-0.39, 0.29) is 5.54 Å². The molecule has 0 spiro atoms. The van der Waals surface area contributed by atoms with Gasteiger partial charge in [0, 0.05) is 29.1 Å². The predicted octanol–water partition coefficient (Wildman–Crippen LogP) is 2.74. The summed E-state index contributed by atoms with van der Waals surface area (Å²) in [5.74, 6) is 0. The van der Waals surface area contributed by atoms with Crippen molar-refractivity contribution in [2.24, 2.45) is 5.73 Å². The van der Waals surface area contributed by atoms with E-state index >= 15 is 0 Å². The number of hydrogen-bond acceptors (Lipinski definition) is 3. The molecular weight excluding hydrogens is 326 g/mol. The van der Waals surface area contributed by atoms with Crippen molar-refractivity contribution in [3.8, 4) is 0 Å². The van der Waals surface area contributed by atoms with Crippen molar-refractivity contribution >= 4 is 15.9 Å². The molecule has 3 nitrogen and oxygen atoms in total. The fraction of sp³-hybridized carbons (Fsp3) is 0.647. The zero-order chi connectivity index (χ0) is 15.5. The molecule has 1 aromatic rings. The van der Waals surface area contributed by atoms with E-state index in [1.54, 1.807) is 0 Å². The first-order chi connectivity index (χ1) is 9.94. The van der Waals surface area contributed by atoms with E-state index in [1.807, 2.05) is 0 Å². The molecule has 118 valence electrons. The molecule has 0 aliphatic carbocycles. The Hall–Kier alpha value is -0.420. The van der Waals surface area contributed by atoms with Gasteiger partial charge in [-0.05, 0) is 64.5 Å². The minimum atomic E-state index is 0.0442. The molecule has 0 bridgehead atoms. The highest BCUT2D eigenvalue weighted by molar-refractivity contribution is 9.10. The van der Waals surface area contributed by atoms with Crippen molar-refractivity contribution in [2.75, 3.05) is 33.7 Å². The van der Waals surface area contributed by atoms with E-state index in [2.05, 4.69) is 71.0 Å². The molecule has 1 saturated heterocycles. The average Bonchev–Trinajstić information content (AvgIpc) is 2.49. The Morgan fingerprint density at radius 2 is 2.00 bits per heavy atom. The van der Waals surface area contributed by atoms with Gasteiger partial charge in [0.1, 0.15) is 0 Å². The molecule has 1 heterocycles. The second kappa shape index (κ2) is 7.23. The first-order valence-electron chi connectivity index (χ1n) is 7.80. The molecule has 0 radical (unpaired) electrons. The number of rotatable bonds is 5. The van der Waals surface area contributed by atoms with Crippen LogP contribution >= 0.6 is 15.9 Å². The maximum atomic E-state index is 6.17. The molecule has 1 aliphatic heterocycles. The molecule has 1 aromatic carbocycles. The van der Waals surface area contributed by atoms with Gasteiger partial charge in [-0.1, -0.05) is 28.1 Å². The van der Waals surface area contributed by atoms with Crippen LogP contribution in [0.25, 0.3) is 0 Å². The number of likely N-dealkylation sites (N-methyl/N-ethyl adjacent to an activating group) is 1. The molecular formula is C17H28BrN3. The summed E-state index contributed by atoms with van der Waals surface area (Å²) in [7, 11) is 4.37. The first-order valence-corrected chi connectivity index (χ1v) is 8.60. The van der Waals surface area contributed by atoms with Crippen LogP contribution in [0.2, 0.25) is 0 Å². The molecule has 2 rings (SSSR count). The molecule has 4 heteroatoms. The molecule has 1 fully saturated rings. The number of hydrogen-bond donors (Lipinski definition) is 1. The van der Waals surface area contributed by atoms with Gasteiger partial charge in [0.2, 0.25) is 0 Å². The minimum Gasteiger partial charge on any atom is -0.329 e. The third-order valence-corrected chi connectivity index (χ3v) is 5.36. The quantitative estimate of drug-likeness (QED) is 0.883. The molecule has 1 aliphatic rings. The molecule has 21 heavy (non-hydrogen) atoms. The largest absolute Gasteiger partial charge is 0.329 e. The summed E-state index contributed by atoms with van der Waals surface area (Å²) in [6.45, 7) is 5.29. The highest BCUT2D eigenvalue weighted by atomic mass is 79.9. The molecule has 2 N–H and O–H groups in total. The second-order valence-corrected chi connectivity index (χ2v) is 7.63. The van der Waals surface area contributed by atoms with Gasteiger partial charge in [-0.3, -0.25) is 4.90 Å². The Morgan fingerprint density at radius 1 is 1.33 bits per heavy atom. The highest BCUT2D eigenvalue weighted by Gasteiger charge is 2.34. The summed E-state index contributed by atoms with van der Waals surface area (Å²) in [6, 6.07) is 9.28. The van der Waals surface area contributed by atoms with Crippen LogP contribution in [0.5, 0.6) is 0 Å². The van der Waals surface area contributed by atoms with Gasteiger partial charge in [-0.25, -0.2) is 0 Å². The van der Waals surface area contributed by atoms with Gasteiger partial charge in [-0.15, -0.1) is 0 Å². The molecule has 0 aromatic heterocycles. The van der Waals surface area contributed by atoms with Crippen molar-refractivity contribution in [3.05, 3.63) is 34.3 Å². The summed E-state index contributed by atoms with van der Waals surface area (Å²) < 4.78 is 1.13. The van der Waals surface area contributed by atoms with E-state index in [9.17, 15) is 0 Å². The third-order valence-electron chi connectivity index (χ3n) is 4.83. The number of nitrogens with zero attached hydrogens (tertiary/aromatic N) is 2. The zero-order valence-electron chi connectivity index (χ0n) is 13.5. The minimum absolute atomic E-state index is 0.0442. The van der Waals surface area contributed by atoms with Gasteiger partial charge in [0.15, 0.2) is 0 Å². The number of benzene rings is 1. The van der Waals surface area contributed by atoms with Crippen LogP contribution < -0.4 is 5.73 Å². The Morgan fingerprint density at radius 3 is 2.57 bits per heavy atom. The second-order valence-electron chi connectivity index (χ2n) is 6.71. The molecule has 0 amide bonds. The summed E-state index contributed by atoms with van der Waals surface area (Å²) >= 11 is 3.50. The topological polar surface area (TPSA) is 32.5 Å². The Labute approximate surface area is 137 Å². The number of nitrogens with two attached hydrogens (primary N) is 1. The van der Waals surface area contributed by atoms with E-state index in [0.717, 1.165) is 24.0 Å². The van der Waals surface area contributed by atoms with Gasteiger partial charge in [-0.2, -0.15) is 0 Å². The van der Waals surface area contributed by atoms with Crippen LogP contribution in [-0.4, -0.2) is 55.1 Å². The lowest BCUT2D eigenvalue weighted by molar-refractivity contribution is 0.0455. The maximum absolute atomic E-state index is 6.17. The van der Waals surface area contributed by atoms with Crippen molar-refractivity contribution < 1.29 is 0 Å². The zero-order valence-corrected chi connectivity index (χ0v) is 15.1. The lowest BCUT2D eigenvalue weighted by atomic mass is 9.88. The van der Waals surface area contributed by atoms with E-state index < -0.39 is 0 Å². The van der Waals surface area contributed by atoms with Crippen molar-refractivity contribution in [3.63, 3.8) is 0 Å².